The van der Waals surface area contributed by atoms with E-state index in [1.165, 1.54) is 6.07 Å². The van der Waals surface area contributed by atoms with E-state index < -0.39 is 5.82 Å². The molecule has 6 rings (SSSR count). The molecule has 1 unspecified atom stereocenters. The van der Waals surface area contributed by atoms with Crippen LogP contribution in [0.25, 0.3) is 10.9 Å². The molecule has 1 saturated heterocycles. The van der Waals surface area contributed by atoms with Gasteiger partial charge in [-0.25, -0.2) is 4.39 Å². The first-order chi connectivity index (χ1) is 17.9. The molecule has 1 aliphatic carbocycles. The largest absolute Gasteiger partial charge is 0.489 e. The topological polar surface area (TPSA) is 76.1 Å². The van der Waals surface area contributed by atoms with Crippen molar-refractivity contribution in [2.24, 2.45) is 16.6 Å². The molecule has 1 aromatic heterocycles. The van der Waals surface area contributed by atoms with E-state index in [1.807, 2.05) is 30.1 Å². The van der Waals surface area contributed by atoms with E-state index >= 15 is 0 Å². The summed E-state index contributed by atoms with van der Waals surface area (Å²) < 4.78 is 22.4. The van der Waals surface area contributed by atoms with Crippen LogP contribution in [0.5, 0.6) is 5.75 Å². The highest BCUT2D eigenvalue weighted by molar-refractivity contribution is 6.35. The Morgan fingerprint density at radius 1 is 1.24 bits per heavy atom. The number of benzene rings is 2. The molecule has 3 heterocycles. The molecule has 1 saturated carbocycles. The lowest BCUT2D eigenvalue weighted by atomic mass is 10.0. The fourth-order valence-corrected chi connectivity index (χ4v) is 5.67. The highest BCUT2D eigenvalue weighted by atomic mass is 35.5. The van der Waals surface area contributed by atoms with Crippen LogP contribution in [0.4, 0.5) is 15.8 Å². The number of anilines is 1. The molecule has 0 radical (unpaired) electrons. The fraction of sp³-hybridized carbons (Fsp3) is 0.429. The first-order valence-electron chi connectivity index (χ1n) is 13.0. The monoisotopic (exact) mass is 523 g/mol. The number of aliphatic imine (C=N–C) groups is 1. The Bertz CT molecular complexity index is 1400. The zero-order chi connectivity index (χ0) is 25.7. The predicted octanol–water partition coefficient (Wildman–Crippen LogP) is 4.99. The van der Waals surface area contributed by atoms with Crippen molar-refractivity contribution in [3.8, 4) is 5.75 Å². The fourth-order valence-electron chi connectivity index (χ4n) is 5.40. The zero-order valence-corrected chi connectivity index (χ0v) is 21.7. The Labute approximate surface area is 220 Å². The van der Waals surface area contributed by atoms with E-state index in [1.54, 1.807) is 12.3 Å². The minimum Gasteiger partial charge on any atom is -0.489 e. The minimum absolute atomic E-state index is 0.000231. The van der Waals surface area contributed by atoms with Gasteiger partial charge < -0.3 is 24.8 Å². The van der Waals surface area contributed by atoms with E-state index in [-0.39, 0.29) is 17.0 Å². The predicted molar refractivity (Wildman–Crippen MR) is 145 cm³/mol. The van der Waals surface area contributed by atoms with Gasteiger partial charge >= 0.3 is 0 Å². The maximum Gasteiger partial charge on any atom is 0.254 e. The first-order valence-corrected chi connectivity index (χ1v) is 13.3. The quantitative estimate of drug-likeness (QED) is 0.478. The smallest absolute Gasteiger partial charge is 0.254 e. The average Bonchev–Trinajstić information content (AvgIpc) is 3.64. The molecule has 2 aliphatic heterocycles. The Kier molecular flexibility index (Phi) is 6.32. The first kappa shape index (κ1) is 24.2. The number of nitrogens with zero attached hydrogens (tertiary/aromatic N) is 4. The molecular weight excluding hydrogens is 493 g/mol. The molecule has 2 N–H and O–H groups in total. The van der Waals surface area contributed by atoms with Gasteiger partial charge in [-0.2, -0.15) is 0 Å². The van der Waals surface area contributed by atoms with Gasteiger partial charge in [-0.3, -0.25) is 9.79 Å². The van der Waals surface area contributed by atoms with Gasteiger partial charge in [-0.05, 0) is 61.9 Å². The summed E-state index contributed by atoms with van der Waals surface area (Å²) in [5.41, 5.74) is 9.73. The maximum atomic E-state index is 14.3. The van der Waals surface area contributed by atoms with Crippen LogP contribution in [-0.2, 0) is 6.54 Å². The second-order valence-electron chi connectivity index (χ2n) is 10.4. The Morgan fingerprint density at radius 2 is 2.08 bits per heavy atom. The van der Waals surface area contributed by atoms with Crippen LogP contribution in [0, 0.1) is 11.7 Å². The molecule has 3 aromatic rings. The van der Waals surface area contributed by atoms with Crippen LogP contribution >= 0.6 is 11.6 Å². The second kappa shape index (κ2) is 9.65. The van der Waals surface area contributed by atoms with Gasteiger partial charge in [-0.15, -0.1) is 0 Å². The molecular formula is C28H31ClFN5O2. The van der Waals surface area contributed by atoms with Crippen molar-refractivity contribution in [3.63, 3.8) is 0 Å². The summed E-state index contributed by atoms with van der Waals surface area (Å²) in [7, 11) is 2.00. The summed E-state index contributed by atoms with van der Waals surface area (Å²) in [5, 5.41) is 1.01. The zero-order valence-electron chi connectivity index (χ0n) is 20.9. The van der Waals surface area contributed by atoms with Gasteiger partial charge in [-0.1, -0.05) is 11.6 Å². The van der Waals surface area contributed by atoms with Crippen molar-refractivity contribution < 1.29 is 13.9 Å². The number of carbonyl (C=O) groups excluding carboxylic acids is 1. The number of amides is 1. The van der Waals surface area contributed by atoms with Crippen LogP contribution in [-0.4, -0.2) is 60.9 Å². The Morgan fingerprint density at radius 3 is 2.86 bits per heavy atom. The Hall–Kier alpha value is -3.10. The number of carbonyl (C=O) groups is 1. The third-order valence-corrected chi connectivity index (χ3v) is 7.93. The molecule has 2 fully saturated rings. The van der Waals surface area contributed by atoms with Crippen LogP contribution < -0.4 is 15.4 Å². The lowest BCUT2D eigenvalue weighted by Gasteiger charge is -2.32. The van der Waals surface area contributed by atoms with Crippen LogP contribution in [0.15, 0.2) is 35.3 Å². The SMILES string of the molecule is CN1CCOc2cc(C(=O)N3CCCC(N)C3)cc(/N=C/c3cc4ccc(F)c(Cl)c4n3CC3CC3)c21. The number of aromatic nitrogens is 1. The number of likely N-dealkylation sites (N-methyl/N-ethyl adjacent to an activating group) is 1. The van der Waals surface area contributed by atoms with Crippen LogP contribution in [0.1, 0.15) is 41.7 Å². The summed E-state index contributed by atoms with van der Waals surface area (Å²) in [5.74, 6) is 0.726. The van der Waals surface area contributed by atoms with Gasteiger partial charge in [0.15, 0.2) is 0 Å². The summed E-state index contributed by atoms with van der Waals surface area (Å²) in [6, 6.07) is 8.80. The second-order valence-corrected chi connectivity index (χ2v) is 10.8. The molecule has 37 heavy (non-hydrogen) atoms. The molecule has 1 atom stereocenters. The maximum absolute atomic E-state index is 14.3. The highest BCUT2D eigenvalue weighted by Gasteiger charge is 2.27. The normalized spacial score (nSPS) is 19.9. The van der Waals surface area contributed by atoms with Crippen molar-refractivity contribution in [3.05, 3.63) is 52.4 Å². The number of likely N-dealkylation sites (tertiary alicyclic amines) is 1. The van der Waals surface area contributed by atoms with Crippen LogP contribution in [0.2, 0.25) is 5.02 Å². The van der Waals surface area contributed by atoms with E-state index in [0.717, 1.165) is 55.5 Å². The molecule has 0 spiro atoms. The van der Waals surface area contributed by atoms with Gasteiger partial charge in [0.1, 0.15) is 28.9 Å². The van der Waals surface area contributed by atoms with E-state index in [0.29, 0.717) is 48.1 Å². The van der Waals surface area contributed by atoms with Crippen molar-refractivity contribution in [2.75, 3.05) is 38.2 Å². The third kappa shape index (κ3) is 4.68. The molecule has 2 aromatic carbocycles. The number of halogens is 2. The molecule has 3 aliphatic rings. The van der Waals surface area contributed by atoms with Gasteiger partial charge in [0.05, 0.1) is 29.7 Å². The highest BCUT2D eigenvalue weighted by Crippen LogP contribution is 2.42. The number of fused-ring (bicyclic) bond motifs is 2. The third-order valence-electron chi connectivity index (χ3n) is 7.57. The average molecular weight is 524 g/mol. The van der Waals surface area contributed by atoms with E-state index in [4.69, 9.17) is 27.1 Å². The van der Waals surface area contributed by atoms with Crippen molar-refractivity contribution >= 4 is 46.0 Å². The number of rotatable bonds is 5. The van der Waals surface area contributed by atoms with Crippen molar-refractivity contribution in [2.45, 2.75) is 38.3 Å². The standard InChI is InChI=1S/C28H31ClFN5O2/c1-33-9-10-37-24-13-19(28(36)34-8-2-3-20(31)16-34)12-23(27(24)33)32-14-21-11-18-6-7-22(30)25(29)26(18)35(21)15-17-4-5-17/h6-7,11-14,17,20H,2-5,8-10,15-16,31H2,1H3/b32-14+. The number of hydrogen-bond donors (Lipinski definition) is 1. The number of piperidine rings is 1. The molecule has 7 nitrogen and oxygen atoms in total. The molecule has 0 bridgehead atoms. The summed E-state index contributed by atoms with van der Waals surface area (Å²) in [6.45, 7) is 3.28. The van der Waals surface area contributed by atoms with Crippen LogP contribution in [0.3, 0.4) is 0 Å². The number of ether oxygens (including phenoxy) is 1. The molecule has 194 valence electrons. The number of nitrogens with two attached hydrogens (primary N) is 1. The minimum atomic E-state index is -0.427. The number of hydrogen-bond acceptors (Lipinski definition) is 5. The lowest BCUT2D eigenvalue weighted by molar-refractivity contribution is 0.0708. The Balaban J connectivity index is 1.41. The van der Waals surface area contributed by atoms with E-state index in [9.17, 15) is 9.18 Å². The summed E-state index contributed by atoms with van der Waals surface area (Å²) >= 11 is 6.40. The van der Waals surface area contributed by atoms with E-state index in [2.05, 4.69) is 9.47 Å². The van der Waals surface area contributed by atoms with Crippen molar-refractivity contribution in [1.29, 1.82) is 0 Å². The van der Waals surface area contributed by atoms with Gasteiger partial charge in [0.2, 0.25) is 0 Å². The molecule has 1 amide bonds. The van der Waals surface area contributed by atoms with Crippen molar-refractivity contribution in [1.82, 2.24) is 9.47 Å². The van der Waals surface area contributed by atoms with Gasteiger partial charge in [0, 0.05) is 43.7 Å². The van der Waals surface area contributed by atoms with Gasteiger partial charge in [0.25, 0.3) is 5.91 Å². The lowest BCUT2D eigenvalue weighted by Crippen LogP contribution is -2.45. The summed E-state index contributed by atoms with van der Waals surface area (Å²) in [4.78, 5) is 22.2. The molecule has 9 heteroatoms. The summed E-state index contributed by atoms with van der Waals surface area (Å²) in [6.07, 6.45) is 5.93.